The summed E-state index contributed by atoms with van der Waals surface area (Å²) in [4.78, 5) is 0. The topological polar surface area (TPSA) is 21.3 Å². The van der Waals surface area contributed by atoms with Gasteiger partial charge in [0.05, 0.1) is 12.2 Å². The molecule has 0 radical (unpaired) electrons. The van der Waals surface area contributed by atoms with Gasteiger partial charge in [0.25, 0.3) is 0 Å². The van der Waals surface area contributed by atoms with Gasteiger partial charge in [-0.3, -0.25) is 0 Å². The van der Waals surface area contributed by atoms with Gasteiger partial charge in [0, 0.05) is 16.2 Å². The molecule has 0 amide bonds. The first-order chi connectivity index (χ1) is 8.04. The number of benzene rings is 1. The highest BCUT2D eigenvalue weighted by atomic mass is 79.9. The molecule has 1 saturated heterocycles. The third kappa shape index (κ3) is 3.46. The van der Waals surface area contributed by atoms with E-state index in [-0.39, 0.29) is 0 Å². The second-order valence-corrected chi connectivity index (χ2v) is 5.89. The van der Waals surface area contributed by atoms with Gasteiger partial charge in [0.1, 0.15) is 0 Å². The van der Waals surface area contributed by atoms with E-state index in [0.717, 1.165) is 17.3 Å². The van der Waals surface area contributed by atoms with E-state index >= 15 is 0 Å². The van der Waals surface area contributed by atoms with E-state index in [2.05, 4.69) is 60.2 Å². The Labute approximate surface area is 112 Å². The number of anilines is 1. The highest BCUT2D eigenvalue weighted by Crippen LogP contribution is 2.25. The second kappa shape index (κ2) is 5.40. The maximum Gasteiger partial charge on any atom is 0.0570 e. The van der Waals surface area contributed by atoms with Gasteiger partial charge in [-0.25, -0.2) is 0 Å². The van der Waals surface area contributed by atoms with E-state index in [0.29, 0.717) is 18.2 Å². The lowest BCUT2D eigenvalue weighted by molar-refractivity contribution is -0.0337. The zero-order valence-corrected chi connectivity index (χ0v) is 12.3. The summed E-state index contributed by atoms with van der Waals surface area (Å²) in [5.74, 6) is 0. The fourth-order valence-electron chi connectivity index (χ4n) is 2.49. The van der Waals surface area contributed by atoms with Crippen LogP contribution < -0.4 is 5.32 Å². The second-order valence-electron chi connectivity index (χ2n) is 5.03. The first-order valence-corrected chi connectivity index (χ1v) is 7.02. The Hall–Kier alpha value is -0.540. The predicted octanol–water partition coefficient (Wildman–Crippen LogP) is 4.13. The molecule has 1 fully saturated rings. The van der Waals surface area contributed by atoms with E-state index in [1.165, 1.54) is 11.3 Å². The average molecular weight is 298 g/mol. The van der Waals surface area contributed by atoms with E-state index in [4.69, 9.17) is 4.74 Å². The molecule has 1 aliphatic rings. The van der Waals surface area contributed by atoms with Crippen molar-refractivity contribution in [1.29, 1.82) is 0 Å². The summed E-state index contributed by atoms with van der Waals surface area (Å²) >= 11 is 3.53. The van der Waals surface area contributed by atoms with Gasteiger partial charge >= 0.3 is 0 Å². The number of nitrogens with one attached hydrogen (secondary N) is 1. The molecule has 0 spiro atoms. The minimum absolute atomic E-state index is 0.354. The summed E-state index contributed by atoms with van der Waals surface area (Å²) in [6, 6.07) is 6.94. The van der Waals surface area contributed by atoms with Crippen molar-refractivity contribution in [2.45, 2.75) is 51.9 Å². The van der Waals surface area contributed by atoms with Gasteiger partial charge in [-0.15, -0.1) is 0 Å². The molecule has 2 rings (SSSR count). The molecular weight excluding hydrogens is 278 g/mol. The molecule has 1 aromatic carbocycles. The average Bonchev–Trinajstić information content (AvgIpc) is 2.22. The van der Waals surface area contributed by atoms with Crippen LogP contribution in [0.25, 0.3) is 0 Å². The number of rotatable bonds is 2. The summed E-state index contributed by atoms with van der Waals surface area (Å²) in [7, 11) is 0. The maximum absolute atomic E-state index is 5.75. The number of hydrogen-bond acceptors (Lipinski definition) is 2. The van der Waals surface area contributed by atoms with Crippen LogP contribution in [0.3, 0.4) is 0 Å². The van der Waals surface area contributed by atoms with Crippen molar-refractivity contribution in [3.05, 3.63) is 28.2 Å². The summed E-state index contributed by atoms with van der Waals surface area (Å²) < 4.78 is 6.91. The molecule has 2 atom stereocenters. The quantitative estimate of drug-likeness (QED) is 0.886. The van der Waals surface area contributed by atoms with Crippen LogP contribution >= 0.6 is 15.9 Å². The lowest BCUT2D eigenvalue weighted by Gasteiger charge is -2.33. The molecule has 2 nitrogen and oxygen atoms in total. The predicted molar refractivity (Wildman–Crippen MR) is 75.5 cm³/mol. The molecule has 0 saturated carbocycles. The van der Waals surface area contributed by atoms with Crippen molar-refractivity contribution in [2.24, 2.45) is 0 Å². The van der Waals surface area contributed by atoms with Crippen molar-refractivity contribution in [1.82, 2.24) is 0 Å². The Balaban J connectivity index is 2.02. The Morgan fingerprint density at radius 3 is 2.47 bits per heavy atom. The Morgan fingerprint density at radius 1 is 1.24 bits per heavy atom. The van der Waals surface area contributed by atoms with Crippen LogP contribution in [0.2, 0.25) is 0 Å². The molecule has 1 N–H and O–H groups in total. The first-order valence-electron chi connectivity index (χ1n) is 6.22. The molecule has 0 aliphatic carbocycles. The van der Waals surface area contributed by atoms with Crippen molar-refractivity contribution in [3.63, 3.8) is 0 Å². The normalized spacial score (nSPS) is 29.1. The molecule has 1 aromatic rings. The monoisotopic (exact) mass is 297 g/mol. The summed E-state index contributed by atoms with van der Waals surface area (Å²) in [6.07, 6.45) is 2.87. The zero-order valence-electron chi connectivity index (χ0n) is 10.7. The molecule has 1 aliphatic heterocycles. The first kappa shape index (κ1) is 12.9. The Morgan fingerprint density at radius 2 is 1.88 bits per heavy atom. The minimum Gasteiger partial charge on any atom is -0.382 e. The van der Waals surface area contributed by atoms with Crippen LogP contribution in [0.5, 0.6) is 0 Å². The third-order valence-corrected chi connectivity index (χ3v) is 4.12. The fraction of sp³-hybridized carbons (Fsp3) is 0.571. The zero-order chi connectivity index (χ0) is 12.4. The molecule has 2 unspecified atom stereocenters. The van der Waals surface area contributed by atoms with Crippen LogP contribution in [-0.2, 0) is 4.74 Å². The van der Waals surface area contributed by atoms with Crippen molar-refractivity contribution < 1.29 is 4.74 Å². The fourth-order valence-corrected chi connectivity index (χ4v) is 2.74. The highest BCUT2D eigenvalue weighted by Gasteiger charge is 2.24. The van der Waals surface area contributed by atoms with Gasteiger partial charge in [-0.05, 0) is 57.4 Å². The molecular formula is C14H20BrNO. The van der Waals surface area contributed by atoms with Gasteiger partial charge in [-0.2, -0.15) is 0 Å². The summed E-state index contributed by atoms with van der Waals surface area (Å²) in [5.41, 5.74) is 2.47. The van der Waals surface area contributed by atoms with Crippen molar-refractivity contribution in [2.75, 3.05) is 5.32 Å². The van der Waals surface area contributed by atoms with Gasteiger partial charge in [-0.1, -0.05) is 15.9 Å². The van der Waals surface area contributed by atoms with Crippen LogP contribution in [0.1, 0.15) is 32.3 Å². The van der Waals surface area contributed by atoms with Crippen molar-refractivity contribution in [3.8, 4) is 0 Å². The van der Waals surface area contributed by atoms with Gasteiger partial charge in [0.2, 0.25) is 0 Å². The van der Waals surface area contributed by atoms with E-state index in [1.807, 2.05) is 0 Å². The Kier molecular flexibility index (Phi) is 4.10. The molecule has 1 heterocycles. The Bertz CT molecular complexity index is 384. The summed E-state index contributed by atoms with van der Waals surface area (Å²) in [5, 5.41) is 3.61. The number of aryl methyl sites for hydroxylation is 1. The maximum atomic E-state index is 5.75. The molecule has 94 valence electrons. The molecule has 3 heteroatoms. The molecule has 0 bridgehead atoms. The third-order valence-electron chi connectivity index (χ3n) is 3.23. The van der Waals surface area contributed by atoms with Crippen LogP contribution in [-0.4, -0.2) is 18.2 Å². The summed E-state index contributed by atoms with van der Waals surface area (Å²) in [6.45, 7) is 6.42. The lowest BCUT2D eigenvalue weighted by Crippen LogP contribution is -2.36. The SMILES string of the molecule is Cc1cc(NC2CC(C)OC(C)C2)ccc1Br. The van der Waals surface area contributed by atoms with Gasteiger partial charge in [0.15, 0.2) is 0 Å². The van der Waals surface area contributed by atoms with Crippen molar-refractivity contribution >= 4 is 21.6 Å². The number of halogens is 1. The number of hydrogen-bond donors (Lipinski definition) is 1. The lowest BCUT2D eigenvalue weighted by atomic mass is 9.99. The van der Waals surface area contributed by atoms with E-state index in [1.54, 1.807) is 0 Å². The van der Waals surface area contributed by atoms with E-state index in [9.17, 15) is 0 Å². The standard InChI is InChI=1S/C14H20BrNO/c1-9-6-12(4-5-14(9)15)16-13-7-10(2)17-11(3)8-13/h4-6,10-11,13,16H,7-8H2,1-3H3. The smallest absolute Gasteiger partial charge is 0.0570 e. The van der Waals surface area contributed by atoms with Gasteiger partial charge < -0.3 is 10.1 Å². The van der Waals surface area contributed by atoms with Crippen LogP contribution in [0.15, 0.2) is 22.7 Å². The van der Waals surface area contributed by atoms with E-state index < -0.39 is 0 Å². The molecule has 17 heavy (non-hydrogen) atoms. The van der Waals surface area contributed by atoms with Crippen LogP contribution in [0.4, 0.5) is 5.69 Å². The number of ether oxygens (including phenoxy) is 1. The molecule has 0 aromatic heterocycles. The highest BCUT2D eigenvalue weighted by molar-refractivity contribution is 9.10. The largest absolute Gasteiger partial charge is 0.382 e. The van der Waals surface area contributed by atoms with Crippen LogP contribution in [0, 0.1) is 6.92 Å². The minimum atomic E-state index is 0.354.